The van der Waals surface area contributed by atoms with E-state index in [-0.39, 0.29) is 17.8 Å². The topological polar surface area (TPSA) is 64.6 Å². The second-order valence-electron chi connectivity index (χ2n) is 7.18. The number of nitrogens with one attached hydrogen (secondary N) is 1. The summed E-state index contributed by atoms with van der Waals surface area (Å²) in [6, 6.07) is 12.5. The van der Waals surface area contributed by atoms with E-state index in [0.29, 0.717) is 10.6 Å². The quantitative estimate of drug-likeness (QED) is 0.435. The predicted molar refractivity (Wildman–Crippen MR) is 114 cm³/mol. The van der Waals surface area contributed by atoms with Crippen molar-refractivity contribution in [3.8, 4) is 11.5 Å². The molecule has 1 aliphatic heterocycles. The molecule has 0 saturated carbocycles. The highest BCUT2D eigenvalue weighted by Gasteiger charge is 2.49. The predicted octanol–water partition coefficient (Wildman–Crippen LogP) is 5.27. The van der Waals surface area contributed by atoms with Crippen LogP contribution in [0.4, 0.5) is 13.2 Å². The molecule has 0 aromatic heterocycles. The number of methoxy groups -OCH3 is 1. The Balaban J connectivity index is 2.06. The van der Waals surface area contributed by atoms with Gasteiger partial charge in [-0.3, -0.25) is 0 Å². The third-order valence-electron chi connectivity index (χ3n) is 4.97. The molecule has 2 atom stereocenters. The van der Waals surface area contributed by atoms with E-state index < -0.39 is 21.4 Å². The maximum Gasteiger partial charge on any atom is 0.534 e. The van der Waals surface area contributed by atoms with Gasteiger partial charge in [0.15, 0.2) is 11.5 Å². The molecule has 0 bridgehead atoms. The van der Waals surface area contributed by atoms with Gasteiger partial charge in [0.1, 0.15) is 0 Å². The highest BCUT2D eigenvalue weighted by molar-refractivity contribution is 7.99. The van der Waals surface area contributed by atoms with Gasteiger partial charge in [-0.05, 0) is 29.7 Å². The monoisotopic (exact) mass is 475 g/mol. The molecule has 2 aromatic rings. The first kappa shape index (κ1) is 23.7. The molecule has 5 nitrogen and oxygen atoms in total. The first-order chi connectivity index (χ1) is 14.7. The number of unbranched alkanes of at least 4 members (excludes halogenated alkanes) is 1. The van der Waals surface area contributed by atoms with Crippen molar-refractivity contribution in [1.82, 2.24) is 5.32 Å². The molecular formula is C21H24F3NO4S2. The van der Waals surface area contributed by atoms with Gasteiger partial charge in [-0.1, -0.05) is 50.1 Å². The Labute approximate surface area is 184 Å². The minimum Gasteiger partial charge on any atom is -0.493 e. The van der Waals surface area contributed by atoms with Crippen LogP contribution in [0.2, 0.25) is 0 Å². The summed E-state index contributed by atoms with van der Waals surface area (Å²) >= 11 is 1.46. The third kappa shape index (κ3) is 5.48. The van der Waals surface area contributed by atoms with Gasteiger partial charge < -0.3 is 14.2 Å². The van der Waals surface area contributed by atoms with Crippen molar-refractivity contribution >= 4 is 21.9 Å². The van der Waals surface area contributed by atoms with Crippen molar-refractivity contribution in [1.29, 1.82) is 0 Å². The average molecular weight is 476 g/mol. The Bertz CT molecular complexity index is 998. The summed E-state index contributed by atoms with van der Waals surface area (Å²) in [4.78, 5) is 0.647. The minimum absolute atomic E-state index is 0.0816. The standard InChI is InChI=1S/C21H24F3NO4S2/c1-3-4-10-15-13-30-19-12-18(29-31(26,27)21(22,23)24)17(28-2)11-16(19)20(25-15)14-8-6-5-7-9-14/h5-9,11-12,15,20,25H,3-4,10,13H2,1-2H3/t15-,20-/m1/s1. The van der Waals surface area contributed by atoms with Crippen LogP contribution in [0.15, 0.2) is 47.4 Å². The van der Waals surface area contributed by atoms with E-state index in [2.05, 4.69) is 16.4 Å². The zero-order valence-electron chi connectivity index (χ0n) is 17.1. The molecule has 31 heavy (non-hydrogen) atoms. The maximum absolute atomic E-state index is 12.8. The SMILES string of the molecule is CCCC[C@@H]1CSc2cc(OS(=O)(=O)C(F)(F)F)c(OC)cc2[C@@H](c2ccccc2)N1. The molecular weight excluding hydrogens is 451 g/mol. The molecule has 10 heteroatoms. The molecule has 0 aliphatic carbocycles. The number of benzene rings is 2. The van der Waals surface area contributed by atoms with Crippen molar-refractivity contribution in [3.63, 3.8) is 0 Å². The van der Waals surface area contributed by atoms with E-state index in [0.717, 1.165) is 30.4 Å². The van der Waals surface area contributed by atoms with Crippen LogP contribution in [-0.2, 0) is 10.1 Å². The van der Waals surface area contributed by atoms with E-state index in [9.17, 15) is 21.6 Å². The summed E-state index contributed by atoms with van der Waals surface area (Å²) in [7, 11) is -4.55. The lowest BCUT2D eigenvalue weighted by Gasteiger charge is -2.24. The first-order valence-electron chi connectivity index (χ1n) is 9.82. The van der Waals surface area contributed by atoms with Crippen LogP contribution in [0.1, 0.15) is 43.4 Å². The Kier molecular flexibility index (Phi) is 7.43. The second kappa shape index (κ2) is 9.70. The fraction of sp³-hybridized carbons (Fsp3) is 0.429. The Morgan fingerprint density at radius 1 is 1.16 bits per heavy atom. The summed E-state index contributed by atoms with van der Waals surface area (Å²) in [6.45, 7) is 2.11. The van der Waals surface area contributed by atoms with Gasteiger partial charge >= 0.3 is 15.6 Å². The zero-order valence-corrected chi connectivity index (χ0v) is 18.7. The number of ether oxygens (including phenoxy) is 1. The third-order valence-corrected chi connectivity index (χ3v) is 7.17. The molecule has 0 spiro atoms. The van der Waals surface area contributed by atoms with E-state index in [1.165, 1.54) is 24.9 Å². The van der Waals surface area contributed by atoms with E-state index in [1.807, 2.05) is 30.3 Å². The molecule has 1 aliphatic rings. The summed E-state index contributed by atoms with van der Waals surface area (Å²) in [5, 5.41) is 3.65. The van der Waals surface area contributed by atoms with Gasteiger partial charge in [-0.2, -0.15) is 21.6 Å². The summed E-state index contributed by atoms with van der Waals surface area (Å²) in [5.74, 6) is 0.125. The van der Waals surface area contributed by atoms with Crippen molar-refractivity contribution < 1.29 is 30.5 Å². The average Bonchev–Trinajstić information content (AvgIpc) is 2.90. The number of hydrogen-bond donors (Lipinski definition) is 1. The number of thioether (sulfide) groups is 1. The molecule has 3 rings (SSSR count). The fourth-order valence-corrected chi connectivity index (χ4v) is 5.04. The highest BCUT2D eigenvalue weighted by Crippen LogP contribution is 2.43. The lowest BCUT2D eigenvalue weighted by atomic mass is 9.96. The zero-order chi connectivity index (χ0) is 22.6. The largest absolute Gasteiger partial charge is 0.534 e. The number of rotatable bonds is 7. The van der Waals surface area contributed by atoms with Crippen molar-refractivity contribution in [2.75, 3.05) is 12.9 Å². The van der Waals surface area contributed by atoms with Gasteiger partial charge in [0, 0.05) is 16.7 Å². The normalized spacial score (nSPS) is 19.4. The molecule has 0 saturated heterocycles. The molecule has 1 heterocycles. The maximum atomic E-state index is 12.8. The van der Waals surface area contributed by atoms with Crippen LogP contribution < -0.4 is 14.2 Å². The lowest BCUT2D eigenvalue weighted by Crippen LogP contribution is -2.34. The van der Waals surface area contributed by atoms with Crippen molar-refractivity contribution in [2.45, 2.75) is 48.7 Å². The molecule has 0 fully saturated rings. The van der Waals surface area contributed by atoms with Crippen LogP contribution in [-0.4, -0.2) is 32.8 Å². The van der Waals surface area contributed by atoms with Gasteiger partial charge in [-0.25, -0.2) is 0 Å². The van der Waals surface area contributed by atoms with Crippen LogP contribution in [0.5, 0.6) is 11.5 Å². The number of hydrogen-bond acceptors (Lipinski definition) is 6. The first-order valence-corrected chi connectivity index (χ1v) is 12.2. The van der Waals surface area contributed by atoms with Crippen LogP contribution >= 0.6 is 11.8 Å². The summed E-state index contributed by atoms with van der Waals surface area (Å²) < 4.78 is 71.3. The highest BCUT2D eigenvalue weighted by atomic mass is 32.2. The van der Waals surface area contributed by atoms with Crippen molar-refractivity contribution in [3.05, 3.63) is 53.6 Å². The smallest absolute Gasteiger partial charge is 0.493 e. The Morgan fingerprint density at radius 3 is 2.48 bits per heavy atom. The molecule has 170 valence electrons. The number of alkyl halides is 3. The van der Waals surface area contributed by atoms with Crippen molar-refractivity contribution in [2.24, 2.45) is 0 Å². The minimum atomic E-state index is -5.81. The van der Waals surface area contributed by atoms with Crippen LogP contribution in [0.25, 0.3) is 0 Å². The Hall–Kier alpha value is -1.91. The molecule has 0 amide bonds. The Morgan fingerprint density at radius 2 is 1.87 bits per heavy atom. The van der Waals surface area contributed by atoms with E-state index in [1.54, 1.807) is 6.07 Å². The van der Waals surface area contributed by atoms with Gasteiger partial charge in [-0.15, -0.1) is 11.8 Å². The van der Waals surface area contributed by atoms with Crippen LogP contribution in [0.3, 0.4) is 0 Å². The van der Waals surface area contributed by atoms with Gasteiger partial charge in [0.05, 0.1) is 13.2 Å². The second-order valence-corrected chi connectivity index (χ2v) is 9.78. The van der Waals surface area contributed by atoms with Crippen LogP contribution in [0, 0.1) is 0 Å². The molecule has 0 radical (unpaired) electrons. The van der Waals surface area contributed by atoms with E-state index >= 15 is 0 Å². The van der Waals surface area contributed by atoms with Gasteiger partial charge in [0.25, 0.3) is 0 Å². The summed E-state index contributed by atoms with van der Waals surface area (Å²) in [6.07, 6.45) is 3.04. The number of fused-ring (bicyclic) bond motifs is 1. The fourth-order valence-electron chi connectivity index (χ4n) is 3.40. The van der Waals surface area contributed by atoms with Gasteiger partial charge in [0.2, 0.25) is 0 Å². The summed E-state index contributed by atoms with van der Waals surface area (Å²) in [5.41, 5.74) is -3.74. The molecule has 0 unspecified atom stereocenters. The van der Waals surface area contributed by atoms with E-state index in [4.69, 9.17) is 4.74 Å². The lowest BCUT2D eigenvalue weighted by molar-refractivity contribution is -0.0500. The molecule has 1 N–H and O–H groups in total. The molecule has 2 aromatic carbocycles. The number of halogens is 3.